The molecule has 0 bridgehead atoms. The summed E-state index contributed by atoms with van der Waals surface area (Å²) in [6, 6.07) is 13.5. The lowest BCUT2D eigenvalue weighted by Crippen LogP contribution is -2.23. The molecule has 1 aliphatic heterocycles. The summed E-state index contributed by atoms with van der Waals surface area (Å²) >= 11 is 0. The molecule has 3 rings (SSSR count). The Morgan fingerprint density at radius 2 is 1.72 bits per heavy atom. The highest BCUT2D eigenvalue weighted by Gasteiger charge is 2.11. The van der Waals surface area contributed by atoms with Gasteiger partial charge in [-0.05, 0) is 60.2 Å². The molecule has 2 aromatic rings. The van der Waals surface area contributed by atoms with Crippen LogP contribution in [0.2, 0.25) is 0 Å². The molecule has 0 amide bonds. The molecule has 1 heteroatoms. The normalized spacial score (nSPS) is 14.3. The monoisotopic (exact) mass is 237 g/mol. The van der Waals surface area contributed by atoms with E-state index in [-0.39, 0.29) is 0 Å². The van der Waals surface area contributed by atoms with Gasteiger partial charge in [-0.25, -0.2) is 0 Å². The zero-order chi connectivity index (χ0) is 12.5. The number of fused-ring (bicyclic) bond motifs is 1. The third-order valence-electron chi connectivity index (χ3n) is 3.86. The molecule has 0 unspecified atom stereocenters. The first-order valence-electron chi connectivity index (χ1n) is 6.65. The lowest BCUT2D eigenvalue weighted by atomic mass is 9.91. The molecule has 0 aliphatic carbocycles. The van der Waals surface area contributed by atoms with Crippen molar-refractivity contribution in [1.29, 1.82) is 0 Å². The molecule has 1 N–H and O–H groups in total. The van der Waals surface area contributed by atoms with Crippen molar-refractivity contribution in [3.8, 4) is 11.1 Å². The zero-order valence-corrected chi connectivity index (χ0v) is 11.1. The Kier molecular flexibility index (Phi) is 2.92. The lowest BCUT2D eigenvalue weighted by molar-refractivity contribution is 0.644. The molecule has 2 aromatic carbocycles. The second-order valence-electron chi connectivity index (χ2n) is 5.18. The maximum absolute atomic E-state index is 3.42. The molecule has 92 valence electrons. The van der Waals surface area contributed by atoms with Gasteiger partial charge >= 0.3 is 0 Å². The van der Waals surface area contributed by atoms with Gasteiger partial charge in [0.1, 0.15) is 0 Å². The summed E-state index contributed by atoms with van der Waals surface area (Å²) in [5.74, 6) is 0. The Balaban J connectivity index is 2.12. The van der Waals surface area contributed by atoms with Gasteiger partial charge < -0.3 is 5.32 Å². The first-order valence-corrected chi connectivity index (χ1v) is 6.65. The summed E-state index contributed by atoms with van der Waals surface area (Å²) < 4.78 is 0. The molecule has 1 aliphatic rings. The number of nitrogens with one attached hydrogen (secondary N) is 1. The average Bonchev–Trinajstić information content (AvgIpc) is 2.38. The summed E-state index contributed by atoms with van der Waals surface area (Å²) in [7, 11) is 0. The summed E-state index contributed by atoms with van der Waals surface area (Å²) in [6.45, 7) is 6.51. The van der Waals surface area contributed by atoms with Gasteiger partial charge in [-0.1, -0.05) is 36.4 Å². The van der Waals surface area contributed by atoms with Gasteiger partial charge in [0, 0.05) is 6.54 Å². The maximum Gasteiger partial charge on any atom is 0.0208 e. The molecular weight excluding hydrogens is 218 g/mol. The van der Waals surface area contributed by atoms with E-state index in [9.17, 15) is 0 Å². The topological polar surface area (TPSA) is 12.0 Å². The number of rotatable bonds is 1. The molecule has 0 spiro atoms. The molecule has 0 saturated carbocycles. The van der Waals surface area contributed by atoms with Gasteiger partial charge in [0.15, 0.2) is 0 Å². The van der Waals surface area contributed by atoms with Gasteiger partial charge in [0.25, 0.3) is 0 Å². The Hall–Kier alpha value is -1.60. The Morgan fingerprint density at radius 1 is 0.944 bits per heavy atom. The van der Waals surface area contributed by atoms with Gasteiger partial charge in [-0.3, -0.25) is 0 Å². The predicted molar refractivity (Wildman–Crippen MR) is 76.8 cm³/mol. The van der Waals surface area contributed by atoms with Crippen LogP contribution < -0.4 is 5.32 Å². The number of benzene rings is 2. The number of hydrogen-bond donors (Lipinski definition) is 1. The van der Waals surface area contributed by atoms with Crippen LogP contribution in [-0.4, -0.2) is 6.54 Å². The molecule has 1 heterocycles. The van der Waals surface area contributed by atoms with Crippen molar-refractivity contribution in [2.45, 2.75) is 26.8 Å². The summed E-state index contributed by atoms with van der Waals surface area (Å²) in [4.78, 5) is 0. The fourth-order valence-electron chi connectivity index (χ4n) is 2.90. The summed E-state index contributed by atoms with van der Waals surface area (Å²) in [6.07, 6.45) is 1.15. The van der Waals surface area contributed by atoms with Crippen LogP contribution in [0.3, 0.4) is 0 Å². The minimum Gasteiger partial charge on any atom is -0.312 e. The van der Waals surface area contributed by atoms with Gasteiger partial charge in [0.05, 0.1) is 0 Å². The minimum absolute atomic E-state index is 1.02. The lowest BCUT2D eigenvalue weighted by Gasteiger charge is -2.19. The van der Waals surface area contributed by atoms with Crippen molar-refractivity contribution in [1.82, 2.24) is 5.32 Å². The Labute approximate surface area is 109 Å². The second-order valence-corrected chi connectivity index (χ2v) is 5.18. The number of aryl methyl sites for hydroxylation is 2. The van der Waals surface area contributed by atoms with Crippen LogP contribution >= 0.6 is 0 Å². The van der Waals surface area contributed by atoms with Crippen molar-refractivity contribution >= 4 is 0 Å². The van der Waals surface area contributed by atoms with Crippen molar-refractivity contribution in [2.75, 3.05) is 6.54 Å². The maximum atomic E-state index is 3.42. The van der Waals surface area contributed by atoms with E-state index in [1.54, 1.807) is 0 Å². The minimum atomic E-state index is 1.02. The molecule has 0 aromatic heterocycles. The molecule has 18 heavy (non-hydrogen) atoms. The smallest absolute Gasteiger partial charge is 0.0208 e. The van der Waals surface area contributed by atoms with Crippen LogP contribution in [0, 0.1) is 13.8 Å². The van der Waals surface area contributed by atoms with E-state index in [0.29, 0.717) is 0 Å². The van der Waals surface area contributed by atoms with Crippen LogP contribution in [-0.2, 0) is 13.0 Å². The van der Waals surface area contributed by atoms with Crippen molar-refractivity contribution in [3.63, 3.8) is 0 Å². The first kappa shape index (κ1) is 11.5. The van der Waals surface area contributed by atoms with Crippen molar-refractivity contribution < 1.29 is 0 Å². The van der Waals surface area contributed by atoms with E-state index in [2.05, 4.69) is 55.6 Å². The fourth-order valence-corrected chi connectivity index (χ4v) is 2.90. The van der Waals surface area contributed by atoms with Gasteiger partial charge in [0.2, 0.25) is 0 Å². The Morgan fingerprint density at radius 3 is 2.50 bits per heavy atom. The summed E-state index contributed by atoms with van der Waals surface area (Å²) in [5, 5.41) is 3.42. The first-order chi connectivity index (χ1) is 8.75. The summed E-state index contributed by atoms with van der Waals surface area (Å²) in [5.41, 5.74) is 8.46. The van der Waals surface area contributed by atoms with E-state index in [1.165, 1.54) is 33.4 Å². The second kappa shape index (κ2) is 4.58. The SMILES string of the molecule is Cc1cccc(C)c1-c1ccc2c(c1)CCNC2. The van der Waals surface area contributed by atoms with E-state index in [1.807, 2.05) is 0 Å². The largest absolute Gasteiger partial charge is 0.312 e. The van der Waals surface area contributed by atoms with Crippen molar-refractivity contribution in [3.05, 3.63) is 58.7 Å². The van der Waals surface area contributed by atoms with Crippen LogP contribution in [0.5, 0.6) is 0 Å². The third-order valence-corrected chi connectivity index (χ3v) is 3.86. The van der Waals surface area contributed by atoms with Crippen LogP contribution in [0.4, 0.5) is 0 Å². The molecule has 0 atom stereocenters. The average molecular weight is 237 g/mol. The molecule has 0 radical (unpaired) electrons. The molecule has 1 nitrogen and oxygen atoms in total. The highest BCUT2D eigenvalue weighted by Crippen LogP contribution is 2.29. The van der Waals surface area contributed by atoms with E-state index >= 15 is 0 Å². The van der Waals surface area contributed by atoms with Crippen LogP contribution in [0.15, 0.2) is 36.4 Å². The van der Waals surface area contributed by atoms with Gasteiger partial charge in [-0.15, -0.1) is 0 Å². The predicted octanol–water partition coefficient (Wildman–Crippen LogP) is 3.62. The van der Waals surface area contributed by atoms with Crippen LogP contribution in [0.1, 0.15) is 22.3 Å². The standard InChI is InChI=1S/C17H19N/c1-12-4-3-5-13(2)17(12)15-6-7-16-11-18-9-8-14(16)10-15/h3-7,10,18H,8-9,11H2,1-2H3. The van der Waals surface area contributed by atoms with E-state index < -0.39 is 0 Å². The third kappa shape index (κ3) is 1.95. The fraction of sp³-hybridized carbons (Fsp3) is 0.294. The van der Waals surface area contributed by atoms with E-state index in [4.69, 9.17) is 0 Å². The van der Waals surface area contributed by atoms with Crippen molar-refractivity contribution in [2.24, 2.45) is 0 Å². The van der Waals surface area contributed by atoms with Gasteiger partial charge in [-0.2, -0.15) is 0 Å². The highest BCUT2D eigenvalue weighted by molar-refractivity contribution is 5.71. The number of hydrogen-bond acceptors (Lipinski definition) is 1. The molecule has 0 saturated heterocycles. The molecular formula is C17H19N. The zero-order valence-electron chi connectivity index (χ0n) is 11.1. The van der Waals surface area contributed by atoms with Crippen LogP contribution in [0.25, 0.3) is 11.1 Å². The highest BCUT2D eigenvalue weighted by atomic mass is 14.9. The van der Waals surface area contributed by atoms with E-state index in [0.717, 1.165) is 19.5 Å². The molecule has 0 fully saturated rings. The Bertz CT molecular complexity index is 564. The quantitative estimate of drug-likeness (QED) is 0.799.